The molecule has 158 valence electrons. The van der Waals surface area contributed by atoms with Crippen LogP contribution in [0, 0.1) is 5.82 Å². The van der Waals surface area contributed by atoms with Crippen molar-refractivity contribution >= 4 is 11.8 Å². The number of amides is 2. The summed E-state index contributed by atoms with van der Waals surface area (Å²) in [6, 6.07) is 13.6. The van der Waals surface area contributed by atoms with E-state index in [2.05, 4.69) is 4.98 Å². The summed E-state index contributed by atoms with van der Waals surface area (Å²) in [6.07, 6.45) is 3.91. The SMILES string of the molecule is COc1cc(F)c2c(c1)[C@H](N(C(=O)c1cccnc1)[C@H](C(N)=O)c1ccccc1)CC2. The van der Waals surface area contributed by atoms with Gasteiger partial charge in [0.15, 0.2) is 0 Å². The minimum atomic E-state index is -1.03. The van der Waals surface area contributed by atoms with E-state index in [0.29, 0.717) is 40.8 Å². The fourth-order valence-corrected chi connectivity index (χ4v) is 4.21. The number of hydrogen-bond donors (Lipinski definition) is 1. The number of benzene rings is 2. The molecule has 31 heavy (non-hydrogen) atoms. The smallest absolute Gasteiger partial charge is 0.256 e. The van der Waals surface area contributed by atoms with Gasteiger partial charge in [-0.15, -0.1) is 0 Å². The minimum Gasteiger partial charge on any atom is -0.497 e. The van der Waals surface area contributed by atoms with Crippen molar-refractivity contribution in [3.8, 4) is 5.75 Å². The number of carbonyl (C=O) groups is 2. The second-order valence-electron chi connectivity index (χ2n) is 7.40. The number of ether oxygens (including phenoxy) is 1. The van der Waals surface area contributed by atoms with Gasteiger partial charge >= 0.3 is 0 Å². The van der Waals surface area contributed by atoms with Crippen molar-refractivity contribution in [2.75, 3.05) is 7.11 Å². The Kier molecular flexibility index (Phi) is 5.66. The lowest BCUT2D eigenvalue weighted by Gasteiger charge is -2.36. The van der Waals surface area contributed by atoms with Gasteiger partial charge in [-0.25, -0.2) is 4.39 Å². The monoisotopic (exact) mass is 419 g/mol. The second-order valence-corrected chi connectivity index (χ2v) is 7.40. The van der Waals surface area contributed by atoms with E-state index in [1.54, 1.807) is 48.7 Å². The van der Waals surface area contributed by atoms with Crippen molar-refractivity contribution in [3.05, 3.63) is 95.1 Å². The van der Waals surface area contributed by atoms with E-state index < -0.39 is 23.9 Å². The molecule has 0 unspecified atom stereocenters. The van der Waals surface area contributed by atoms with Gasteiger partial charge in [-0.2, -0.15) is 0 Å². The van der Waals surface area contributed by atoms with Crippen LogP contribution in [-0.2, 0) is 11.2 Å². The first kappa shape index (κ1) is 20.5. The molecule has 0 bridgehead atoms. The Morgan fingerprint density at radius 3 is 2.61 bits per heavy atom. The number of primary amides is 1. The van der Waals surface area contributed by atoms with Gasteiger partial charge in [-0.3, -0.25) is 14.6 Å². The van der Waals surface area contributed by atoms with Crippen LogP contribution in [0.25, 0.3) is 0 Å². The Hall–Kier alpha value is -3.74. The third kappa shape index (κ3) is 3.86. The van der Waals surface area contributed by atoms with E-state index in [-0.39, 0.29) is 5.82 Å². The zero-order valence-corrected chi connectivity index (χ0v) is 17.0. The molecule has 2 atom stereocenters. The van der Waals surface area contributed by atoms with Crippen LogP contribution in [-0.4, -0.2) is 28.8 Å². The lowest BCUT2D eigenvalue weighted by atomic mass is 9.98. The largest absolute Gasteiger partial charge is 0.497 e. The standard InChI is InChI=1S/C24H22FN3O3/c1-31-17-12-19-18(20(25)13-17)9-10-21(19)28(24(30)16-8-5-11-27-14-16)22(23(26)29)15-6-3-2-4-7-15/h2-8,11-14,21-22H,9-10H2,1H3,(H2,26,29)/t21-,22+/m1/s1. The molecule has 2 N–H and O–H groups in total. The number of methoxy groups -OCH3 is 1. The molecule has 0 fully saturated rings. The molecule has 4 rings (SSSR count). The zero-order chi connectivity index (χ0) is 22.0. The number of aromatic nitrogens is 1. The van der Waals surface area contributed by atoms with Gasteiger partial charge in [0, 0.05) is 18.5 Å². The van der Waals surface area contributed by atoms with Crippen LogP contribution in [0.3, 0.4) is 0 Å². The Labute approximate surface area is 179 Å². The predicted octanol–water partition coefficient (Wildman–Crippen LogP) is 3.59. The third-order valence-electron chi connectivity index (χ3n) is 5.61. The number of rotatable bonds is 6. The van der Waals surface area contributed by atoms with Gasteiger partial charge < -0.3 is 15.4 Å². The Bertz CT molecular complexity index is 1110. The number of nitrogens with two attached hydrogens (primary N) is 1. The average Bonchev–Trinajstić information content (AvgIpc) is 3.22. The van der Waals surface area contributed by atoms with E-state index >= 15 is 0 Å². The van der Waals surface area contributed by atoms with E-state index in [0.717, 1.165) is 0 Å². The molecule has 0 spiro atoms. The second kappa shape index (κ2) is 8.55. The van der Waals surface area contributed by atoms with E-state index in [9.17, 15) is 14.0 Å². The quantitative estimate of drug-likeness (QED) is 0.662. The van der Waals surface area contributed by atoms with Crippen LogP contribution in [0.2, 0.25) is 0 Å². The molecule has 2 amide bonds. The Morgan fingerprint density at radius 2 is 1.97 bits per heavy atom. The summed E-state index contributed by atoms with van der Waals surface area (Å²) in [6.45, 7) is 0. The van der Waals surface area contributed by atoms with Crippen LogP contribution < -0.4 is 10.5 Å². The summed E-state index contributed by atoms with van der Waals surface area (Å²) in [7, 11) is 1.46. The Balaban J connectivity index is 1.88. The van der Waals surface area contributed by atoms with Crippen molar-refractivity contribution in [2.45, 2.75) is 24.9 Å². The molecule has 0 radical (unpaired) electrons. The van der Waals surface area contributed by atoms with Crippen LogP contribution >= 0.6 is 0 Å². The van der Waals surface area contributed by atoms with E-state index in [1.165, 1.54) is 24.3 Å². The number of hydrogen-bond acceptors (Lipinski definition) is 4. The molecular weight excluding hydrogens is 397 g/mol. The summed E-state index contributed by atoms with van der Waals surface area (Å²) < 4.78 is 19.9. The van der Waals surface area contributed by atoms with Crippen molar-refractivity contribution in [1.82, 2.24) is 9.88 Å². The fraction of sp³-hybridized carbons (Fsp3) is 0.208. The van der Waals surface area contributed by atoms with Gasteiger partial charge in [0.25, 0.3) is 5.91 Å². The molecule has 2 aromatic carbocycles. The topological polar surface area (TPSA) is 85.5 Å². The van der Waals surface area contributed by atoms with Crippen molar-refractivity contribution in [2.24, 2.45) is 5.73 Å². The van der Waals surface area contributed by atoms with Gasteiger partial charge in [0.1, 0.15) is 17.6 Å². The molecule has 0 aliphatic heterocycles. The molecule has 7 heteroatoms. The first-order valence-corrected chi connectivity index (χ1v) is 9.94. The number of halogens is 1. The first-order valence-electron chi connectivity index (χ1n) is 9.94. The summed E-state index contributed by atoms with van der Waals surface area (Å²) in [5, 5.41) is 0. The van der Waals surface area contributed by atoms with Gasteiger partial charge in [-0.05, 0) is 47.7 Å². The van der Waals surface area contributed by atoms with Crippen molar-refractivity contribution in [3.63, 3.8) is 0 Å². The maximum Gasteiger partial charge on any atom is 0.256 e. The molecule has 0 saturated heterocycles. The lowest BCUT2D eigenvalue weighted by Crippen LogP contribution is -2.43. The van der Waals surface area contributed by atoms with E-state index in [1.807, 2.05) is 6.07 Å². The van der Waals surface area contributed by atoms with Crippen LogP contribution in [0.1, 0.15) is 45.6 Å². The lowest BCUT2D eigenvalue weighted by molar-refractivity contribution is -0.123. The van der Waals surface area contributed by atoms with Gasteiger partial charge in [0.2, 0.25) is 5.91 Å². The third-order valence-corrected chi connectivity index (χ3v) is 5.61. The van der Waals surface area contributed by atoms with Crippen LogP contribution in [0.5, 0.6) is 5.75 Å². The highest BCUT2D eigenvalue weighted by Gasteiger charge is 2.40. The van der Waals surface area contributed by atoms with Gasteiger partial charge in [0.05, 0.1) is 18.7 Å². The van der Waals surface area contributed by atoms with Crippen molar-refractivity contribution < 1.29 is 18.7 Å². The van der Waals surface area contributed by atoms with Gasteiger partial charge in [-0.1, -0.05) is 30.3 Å². The molecule has 1 aromatic heterocycles. The molecular formula is C24H22FN3O3. The number of carbonyl (C=O) groups excluding carboxylic acids is 2. The Morgan fingerprint density at radius 1 is 1.19 bits per heavy atom. The molecule has 1 heterocycles. The summed E-state index contributed by atoms with van der Waals surface area (Å²) in [5.74, 6) is -1.10. The highest BCUT2D eigenvalue weighted by molar-refractivity contribution is 5.97. The summed E-state index contributed by atoms with van der Waals surface area (Å²) >= 11 is 0. The molecule has 6 nitrogen and oxygen atoms in total. The number of nitrogens with zero attached hydrogens (tertiary/aromatic N) is 2. The highest BCUT2D eigenvalue weighted by atomic mass is 19.1. The maximum absolute atomic E-state index is 14.7. The number of fused-ring (bicyclic) bond motifs is 1. The predicted molar refractivity (Wildman–Crippen MR) is 113 cm³/mol. The van der Waals surface area contributed by atoms with Crippen LogP contribution in [0.15, 0.2) is 67.0 Å². The maximum atomic E-state index is 14.7. The number of pyridine rings is 1. The molecule has 3 aromatic rings. The van der Waals surface area contributed by atoms with Crippen molar-refractivity contribution in [1.29, 1.82) is 0 Å². The molecule has 0 saturated carbocycles. The summed E-state index contributed by atoms with van der Waals surface area (Å²) in [5.41, 5.74) is 7.86. The first-order chi connectivity index (χ1) is 15.0. The molecule has 1 aliphatic rings. The minimum absolute atomic E-state index is 0.321. The average molecular weight is 419 g/mol. The van der Waals surface area contributed by atoms with E-state index in [4.69, 9.17) is 10.5 Å². The fourth-order valence-electron chi connectivity index (χ4n) is 4.21. The zero-order valence-electron chi connectivity index (χ0n) is 17.0. The normalized spacial score (nSPS) is 15.7. The van der Waals surface area contributed by atoms with Crippen LogP contribution in [0.4, 0.5) is 4.39 Å². The molecule has 1 aliphatic carbocycles. The highest BCUT2D eigenvalue weighted by Crippen LogP contribution is 2.43. The summed E-state index contributed by atoms with van der Waals surface area (Å²) in [4.78, 5) is 31.8.